The van der Waals surface area contributed by atoms with Crippen molar-refractivity contribution in [1.29, 1.82) is 0 Å². The standard InChI is InChI=1S/C20H30O3SeSi/c1-14(21)20(18(22)23-19(2,3)4)13-16(20)17(25(5,6)7)24-15-11-9-8-10-12-15/h8-12,16-17H,13H2,1-7H3/t16-,17+,20?/m1/s1. The molecule has 0 bridgehead atoms. The predicted molar refractivity (Wildman–Crippen MR) is 106 cm³/mol. The molecule has 0 amide bonds. The number of ketones is 1. The van der Waals surface area contributed by atoms with Crippen LogP contribution in [-0.4, -0.2) is 40.4 Å². The summed E-state index contributed by atoms with van der Waals surface area (Å²) in [5.74, 6) is -0.213. The Kier molecular flexibility index (Phi) is 5.73. The summed E-state index contributed by atoms with van der Waals surface area (Å²) in [5, 5.41) is 0. The second-order valence-electron chi connectivity index (χ2n) is 9.06. The van der Waals surface area contributed by atoms with Crippen molar-refractivity contribution in [3.05, 3.63) is 30.3 Å². The third kappa shape index (κ3) is 4.63. The zero-order valence-electron chi connectivity index (χ0n) is 16.4. The molecule has 1 aliphatic rings. The van der Waals surface area contributed by atoms with Gasteiger partial charge in [0.05, 0.1) is 0 Å². The summed E-state index contributed by atoms with van der Waals surface area (Å²) < 4.78 is 7.42. The van der Waals surface area contributed by atoms with Crippen LogP contribution in [0.1, 0.15) is 34.1 Å². The first-order valence-corrected chi connectivity index (χ1v) is 14.3. The van der Waals surface area contributed by atoms with Gasteiger partial charge in [-0.05, 0) is 0 Å². The summed E-state index contributed by atoms with van der Waals surface area (Å²) in [7, 11) is -1.54. The number of carbonyl (C=O) groups excluding carboxylic acids is 2. The van der Waals surface area contributed by atoms with Crippen molar-refractivity contribution in [3.63, 3.8) is 0 Å². The van der Waals surface area contributed by atoms with Crippen molar-refractivity contribution in [2.75, 3.05) is 0 Å². The van der Waals surface area contributed by atoms with Gasteiger partial charge < -0.3 is 0 Å². The average Bonchev–Trinajstić information content (AvgIpc) is 3.19. The molecule has 5 heteroatoms. The Labute approximate surface area is 159 Å². The van der Waals surface area contributed by atoms with Crippen LogP contribution in [0.15, 0.2) is 30.3 Å². The van der Waals surface area contributed by atoms with Crippen LogP contribution in [0.4, 0.5) is 0 Å². The molecule has 0 saturated heterocycles. The molecule has 0 radical (unpaired) electrons. The van der Waals surface area contributed by atoms with E-state index in [0.29, 0.717) is 10.9 Å². The summed E-state index contributed by atoms with van der Waals surface area (Å²) in [6, 6.07) is 10.5. The Bertz CT molecular complexity index is 645. The van der Waals surface area contributed by atoms with Gasteiger partial charge in [-0.3, -0.25) is 0 Å². The number of benzene rings is 1. The fourth-order valence-electron chi connectivity index (χ4n) is 3.31. The normalized spacial score (nSPS) is 24.5. The van der Waals surface area contributed by atoms with Crippen LogP contribution in [0.3, 0.4) is 0 Å². The number of ether oxygens (including phenoxy) is 1. The van der Waals surface area contributed by atoms with Gasteiger partial charge in [0.1, 0.15) is 0 Å². The SMILES string of the molecule is CC(=O)C1(C(=O)OC(C)(C)C)C[C@@H]1[C@@H]([Se]c1ccccc1)[Si](C)(C)C. The van der Waals surface area contributed by atoms with E-state index in [1.807, 2.05) is 26.8 Å². The maximum atomic E-state index is 12.9. The monoisotopic (exact) mass is 426 g/mol. The van der Waals surface area contributed by atoms with E-state index in [0.717, 1.165) is 0 Å². The van der Waals surface area contributed by atoms with E-state index in [-0.39, 0.29) is 32.6 Å². The number of hydrogen-bond acceptors (Lipinski definition) is 3. The van der Waals surface area contributed by atoms with Gasteiger partial charge in [-0.15, -0.1) is 0 Å². The van der Waals surface area contributed by atoms with Gasteiger partial charge in [-0.2, -0.15) is 0 Å². The molecule has 1 unspecified atom stereocenters. The third-order valence-corrected chi connectivity index (χ3v) is 14.2. The summed E-state index contributed by atoms with van der Waals surface area (Å²) in [4.78, 5) is 25.3. The van der Waals surface area contributed by atoms with Gasteiger partial charge >= 0.3 is 159 Å². The molecule has 3 nitrogen and oxygen atoms in total. The van der Waals surface area contributed by atoms with Crippen LogP contribution in [-0.2, 0) is 14.3 Å². The molecule has 138 valence electrons. The van der Waals surface area contributed by atoms with Gasteiger partial charge in [-0.1, -0.05) is 0 Å². The molecule has 3 atom stereocenters. The zero-order chi connectivity index (χ0) is 19.0. The fourth-order valence-corrected chi connectivity index (χ4v) is 10.5. The van der Waals surface area contributed by atoms with E-state index < -0.39 is 19.1 Å². The van der Waals surface area contributed by atoms with Crippen molar-refractivity contribution < 1.29 is 14.3 Å². The number of carbonyl (C=O) groups is 2. The van der Waals surface area contributed by atoms with E-state index in [4.69, 9.17) is 4.74 Å². The predicted octanol–water partition coefficient (Wildman–Crippen LogP) is 3.62. The van der Waals surface area contributed by atoms with Gasteiger partial charge in [0, 0.05) is 0 Å². The quantitative estimate of drug-likeness (QED) is 0.397. The molecular formula is C20H30O3SeSi. The van der Waals surface area contributed by atoms with Crippen LogP contribution in [0, 0.1) is 11.3 Å². The Hall–Kier alpha value is -0.904. The van der Waals surface area contributed by atoms with E-state index in [1.54, 1.807) is 6.92 Å². The molecule has 0 N–H and O–H groups in total. The first kappa shape index (κ1) is 20.4. The minimum absolute atomic E-state index is 0.0288. The van der Waals surface area contributed by atoms with Crippen molar-refractivity contribution in [3.8, 4) is 0 Å². The fraction of sp³-hybridized carbons (Fsp3) is 0.600. The molecule has 0 aliphatic heterocycles. The number of esters is 1. The van der Waals surface area contributed by atoms with Crippen LogP contribution in [0.25, 0.3) is 0 Å². The van der Waals surface area contributed by atoms with E-state index in [1.165, 1.54) is 4.46 Å². The zero-order valence-corrected chi connectivity index (χ0v) is 19.1. The van der Waals surface area contributed by atoms with Crippen LogP contribution >= 0.6 is 0 Å². The average molecular weight is 426 g/mol. The Morgan fingerprint density at radius 3 is 2.20 bits per heavy atom. The summed E-state index contributed by atoms with van der Waals surface area (Å²) in [5.41, 5.74) is -1.47. The molecule has 25 heavy (non-hydrogen) atoms. The Morgan fingerprint density at radius 2 is 1.76 bits per heavy atom. The molecule has 1 fully saturated rings. The van der Waals surface area contributed by atoms with E-state index >= 15 is 0 Å². The van der Waals surface area contributed by atoms with Crippen molar-refractivity contribution in [2.24, 2.45) is 11.3 Å². The molecule has 1 saturated carbocycles. The first-order chi connectivity index (χ1) is 11.4. The first-order valence-electron chi connectivity index (χ1n) is 8.84. The molecule has 1 aliphatic carbocycles. The Morgan fingerprint density at radius 1 is 1.20 bits per heavy atom. The van der Waals surface area contributed by atoms with Gasteiger partial charge in [0.2, 0.25) is 0 Å². The minimum atomic E-state index is -1.54. The van der Waals surface area contributed by atoms with Gasteiger partial charge in [0.25, 0.3) is 0 Å². The second-order valence-corrected chi connectivity index (χ2v) is 17.9. The molecule has 2 rings (SSSR count). The molecule has 0 aromatic heterocycles. The van der Waals surface area contributed by atoms with Crippen molar-refractivity contribution in [2.45, 2.75) is 63.8 Å². The maximum absolute atomic E-state index is 12.9. The van der Waals surface area contributed by atoms with Crippen LogP contribution in [0.2, 0.25) is 24.1 Å². The molecule has 1 aromatic carbocycles. The van der Waals surface area contributed by atoms with Gasteiger partial charge in [-0.25, -0.2) is 0 Å². The van der Waals surface area contributed by atoms with Crippen LogP contribution < -0.4 is 4.46 Å². The topological polar surface area (TPSA) is 43.4 Å². The Balaban J connectivity index is 2.29. The summed E-state index contributed by atoms with van der Waals surface area (Å²) in [6.07, 6.45) is 0.654. The van der Waals surface area contributed by atoms with Crippen molar-refractivity contribution >= 4 is 39.2 Å². The van der Waals surface area contributed by atoms with E-state index in [2.05, 4.69) is 43.9 Å². The van der Waals surface area contributed by atoms with Crippen LogP contribution in [0.5, 0.6) is 0 Å². The van der Waals surface area contributed by atoms with E-state index in [9.17, 15) is 9.59 Å². The third-order valence-electron chi connectivity index (χ3n) is 4.63. The number of rotatable bonds is 6. The van der Waals surface area contributed by atoms with Crippen molar-refractivity contribution in [1.82, 2.24) is 0 Å². The number of Topliss-reactive ketones (excluding diaryl/α,β-unsaturated/α-hetero) is 1. The van der Waals surface area contributed by atoms with Gasteiger partial charge in [0.15, 0.2) is 0 Å². The molecular weight excluding hydrogens is 395 g/mol. The summed E-state index contributed by atoms with van der Waals surface area (Å²) in [6.45, 7) is 14.2. The second kappa shape index (κ2) is 7.01. The summed E-state index contributed by atoms with van der Waals surface area (Å²) >= 11 is 0.260. The molecule has 0 spiro atoms. The number of hydrogen-bond donors (Lipinski definition) is 0. The molecule has 1 aromatic rings. The molecule has 0 heterocycles.